The van der Waals surface area contributed by atoms with Crippen LogP contribution in [0.3, 0.4) is 0 Å². The number of ether oxygens (including phenoxy) is 2. The summed E-state index contributed by atoms with van der Waals surface area (Å²) in [6.07, 6.45) is 0.0898. The molecule has 44 heavy (non-hydrogen) atoms. The number of benzene rings is 2. The number of halogens is 3. The molecular formula is C31H30Cl2FN5O5. The Labute approximate surface area is 262 Å². The van der Waals surface area contributed by atoms with Crippen molar-refractivity contribution in [3.63, 3.8) is 0 Å². The van der Waals surface area contributed by atoms with E-state index in [0.29, 0.717) is 48.0 Å². The minimum Gasteiger partial charge on any atom is -0.481 e. The number of carbonyl (C=O) groups is 1. The van der Waals surface area contributed by atoms with Crippen molar-refractivity contribution in [2.24, 2.45) is 7.05 Å². The third kappa shape index (κ3) is 6.62. The molecule has 3 heterocycles. The number of aliphatic hydroxyl groups excluding tert-OH is 1. The van der Waals surface area contributed by atoms with Gasteiger partial charge in [-0.05, 0) is 37.6 Å². The van der Waals surface area contributed by atoms with E-state index in [9.17, 15) is 19.1 Å². The molecule has 10 nitrogen and oxygen atoms in total. The zero-order valence-corrected chi connectivity index (χ0v) is 25.7. The quantitative estimate of drug-likeness (QED) is 0.251. The van der Waals surface area contributed by atoms with E-state index in [4.69, 9.17) is 32.7 Å². The van der Waals surface area contributed by atoms with Crippen LogP contribution in [0.2, 0.25) is 10.0 Å². The van der Waals surface area contributed by atoms with Gasteiger partial charge in [0, 0.05) is 48.5 Å². The summed E-state index contributed by atoms with van der Waals surface area (Å²) in [5.74, 6) is -1.05. The maximum Gasteiger partial charge on any atom is 0.279 e. The summed E-state index contributed by atoms with van der Waals surface area (Å²) < 4.78 is 26.8. The van der Waals surface area contributed by atoms with E-state index >= 15 is 0 Å². The highest BCUT2D eigenvalue weighted by Crippen LogP contribution is 2.42. The third-order valence-corrected chi connectivity index (χ3v) is 8.11. The summed E-state index contributed by atoms with van der Waals surface area (Å²) in [5, 5.41) is 20.3. The van der Waals surface area contributed by atoms with Crippen LogP contribution in [0.1, 0.15) is 28.0 Å². The van der Waals surface area contributed by atoms with E-state index in [1.807, 2.05) is 6.07 Å². The van der Waals surface area contributed by atoms with Crippen LogP contribution in [0.15, 0.2) is 53.3 Å². The highest BCUT2D eigenvalue weighted by atomic mass is 35.5. The van der Waals surface area contributed by atoms with Crippen LogP contribution >= 0.6 is 23.2 Å². The lowest BCUT2D eigenvalue weighted by atomic mass is 10.00. The second-order valence-electron chi connectivity index (χ2n) is 10.3. The van der Waals surface area contributed by atoms with Gasteiger partial charge in [-0.3, -0.25) is 9.59 Å². The fourth-order valence-electron chi connectivity index (χ4n) is 5.05. The van der Waals surface area contributed by atoms with Gasteiger partial charge < -0.3 is 25.2 Å². The van der Waals surface area contributed by atoms with E-state index in [1.54, 1.807) is 31.2 Å². The van der Waals surface area contributed by atoms with Crippen molar-refractivity contribution >= 4 is 34.8 Å². The number of aromatic nitrogens is 3. The molecule has 1 amide bonds. The smallest absolute Gasteiger partial charge is 0.279 e. The van der Waals surface area contributed by atoms with Crippen LogP contribution in [0, 0.1) is 12.7 Å². The number of methoxy groups -OCH3 is 1. The number of hydrogen-bond donors (Lipinski definition) is 3. The molecule has 1 aliphatic heterocycles. The van der Waals surface area contributed by atoms with E-state index in [2.05, 4.69) is 20.7 Å². The number of anilines is 1. The molecule has 2 aromatic carbocycles. The van der Waals surface area contributed by atoms with E-state index in [0.717, 1.165) is 16.3 Å². The lowest BCUT2D eigenvalue weighted by Crippen LogP contribution is -2.46. The van der Waals surface area contributed by atoms with Gasteiger partial charge in [0.25, 0.3) is 11.5 Å². The monoisotopic (exact) mass is 641 g/mol. The first-order valence-corrected chi connectivity index (χ1v) is 14.5. The molecule has 2 atom stereocenters. The molecule has 0 saturated carbocycles. The largest absolute Gasteiger partial charge is 0.481 e. The molecule has 1 aliphatic rings. The number of hydrogen-bond acceptors (Lipinski definition) is 8. The molecule has 230 valence electrons. The van der Waals surface area contributed by atoms with Crippen LogP contribution in [-0.2, 0) is 18.3 Å². The number of pyridine rings is 1. The Morgan fingerprint density at radius 1 is 1.16 bits per heavy atom. The van der Waals surface area contributed by atoms with Crippen molar-refractivity contribution in [3.8, 4) is 28.3 Å². The van der Waals surface area contributed by atoms with Crippen molar-refractivity contribution in [1.82, 2.24) is 20.1 Å². The van der Waals surface area contributed by atoms with Gasteiger partial charge in [0.05, 0.1) is 46.9 Å². The van der Waals surface area contributed by atoms with Crippen LogP contribution in [0.4, 0.5) is 10.1 Å². The van der Waals surface area contributed by atoms with Crippen molar-refractivity contribution in [1.29, 1.82) is 0 Å². The number of aryl methyl sites for hydroxylation is 2. The topological polar surface area (TPSA) is 128 Å². The first-order chi connectivity index (χ1) is 21.1. The molecule has 0 bridgehead atoms. The zero-order chi connectivity index (χ0) is 31.5. The SMILES string of the molecule is COc1nc(-c2cccc(-c3cc(F)cc(NC(=O)c4cc(C)nn(C)c4=O)c3Cl)c2Cl)ccc1CNC1CCOCC1O. The van der Waals surface area contributed by atoms with Gasteiger partial charge >= 0.3 is 0 Å². The third-order valence-electron chi connectivity index (χ3n) is 7.29. The fraction of sp³-hybridized carbons (Fsp3) is 0.290. The summed E-state index contributed by atoms with van der Waals surface area (Å²) in [4.78, 5) is 30.1. The Balaban J connectivity index is 1.45. The van der Waals surface area contributed by atoms with Gasteiger partial charge in [-0.1, -0.05) is 47.5 Å². The number of carbonyl (C=O) groups excluding carboxylic acids is 1. The summed E-state index contributed by atoms with van der Waals surface area (Å²) in [7, 11) is 2.95. The molecule has 0 aliphatic carbocycles. The number of nitrogens with zero attached hydrogens (tertiary/aromatic N) is 3. The average molecular weight is 643 g/mol. The first kappa shape index (κ1) is 31.6. The minimum atomic E-state index is -0.758. The van der Waals surface area contributed by atoms with Crippen molar-refractivity contribution in [2.75, 3.05) is 25.6 Å². The van der Waals surface area contributed by atoms with Crippen LogP contribution in [-0.4, -0.2) is 58.2 Å². The zero-order valence-electron chi connectivity index (χ0n) is 24.2. The van der Waals surface area contributed by atoms with Gasteiger partial charge in [0.2, 0.25) is 5.88 Å². The number of rotatable bonds is 8. The molecule has 3 N–H and O–H groups in total. The Bertz CT molecular complexity index is 1780. The van der Waals surface area contributed by atoms with Crippen molar-refractivity contribution < 1.29 is 23.8 Å². The summed E-state index contributed by atoms with van der Waals surface area (Å²) in [6.45, 7) is 2.93. The maximum atomic E-state index is 14.9. The van der Waals surface area contributed by atoms with E-state index in [-0.39, 0.29) is 39.5 Å². The second kappa shape index (κ2) is 13.4. The molecule has 0 radical (unpaired) electrons. The van der Waals surface area contributed by atoms with Crippen molar-refractivity contribution in [2.45, 2.75) is 32.0 Å². The molecule has 13 heteroatoms. The first-order valence-electron chi connectivity index (χ1n) is 13.7. The molecule has 5 rings (SSSR count). The summed E-state index contributed by atoms with van der Waals surface area (Å²) in [5.41, 5.74) is 2.13. The summed E-state index contributed by atoms with van der Waals surface area (Å²) in [6, 6.07) is 12.3. The molecule has 1 fully saturated rings. The highest BCUT2D eigenvalue weighted by Gasteiger charge is 2.24. The maximum absolute atomic E-state index is 14.9. The Morgan fingerprint density at radius 3 is 2.68 bits per heavy atom. The van der Waals surface area contributed by atoms with Gasteiger partial charge in [-0.15, -0.1) is 0 Å². The van der Waals surface area contributed by atoms with Gasteiger partial charge in [0.1, 0.15) is 11.4 Å². The van der Waals surface area contributed by atoms with Gasteiger partial charge in [-0.2, -0.15) is 5.10 Å². The molecule has 0 spiro atoms. The number of aliphatic hydroxyl groups is 1. The molecular weight excluding hydrogens is 612 g/mol. The summed E-state index contributed by atoms with van der Waals surface area (Å²) >= 11 is 13.6. The Hall–Kier alpha value is -3.87. The molecule has 2 unspecified atom stereocenters. The Kier molecular flexibility index (Phi) is 9.62. The average Bonchev–Trinajstić information content (AvgIpc) is 3.00. The normalized spacial score (nSPS) is 16.5. The van der Waals surface area contributed by atoms with Crippen LogP contribution < -0.4 is 20.9 Å². The predicted molar refractivity (Wildman–Crippen MR) is 166 cm³/mol. The highest BCUT2D eigenvalue weighted by molar-refractivity contribution is 6.39. The molecule has 1 saturated heterocycles. The van der Waals surface area contributed by atoms with Gasteiger partial charge in [0.15, 0.2) is 0 Å². The fourth-order valence-corrected chi connectivity index (χ4v) is 5.64. The molecule has 2 aromatic heterocycles. The minimum absolute atomic E-state index is 0.0312. The van der Waals surface area contributed by atoms with Gasteiger partial charge in [-0.25, -0.2) is 14.1 Å². The van der Waals surface area contributed by atoms with E-state index in [1.165, 1.54) is 26.3 Å². The second-order valence-corrected chi connectivity index (χ2v) is 11.1. The predicted octanol–water partition coefficient (Wildman–Crippen LogP) is 4.76. The lowest BCUT2D eigenvalue weighted by molar-refractivity contribution is -0.0281. The van der Waals surface area contributed by atoms with E-state index < -0.39 is 23.4 Å². The molecule has 4 aromatic rings. The number of nitrogens with one attached hydrogen (secondary N) is 2. The van der Waals surface area contributed by atoms with Crippen LogP contribution in [0.5, 0.6) is 5.88 Å². The number of amides is 1. The lowest BCUT2D eigenvalue weighted by Gasteiger charge is -2.28. The van der Waals surface area contributed by atoms with Crippen LogP contribution in [0.25, 0.3) is 22.4 Å². The van der Waals surface area contributed by atoms with Crippen molar-refractivity contribution in [3.05, 3.63) is 91.6 Å². The Morgan fingerprint density at radius 2 is 1.93 bits per heavy atom. The standard InChI is InChI=1S/C31H30Cl2FN5O5/c1-16-11-22(31(42)39(2)38-16)29(41)36-25-13-18(34)12-21(28(25)33)19-5-4-6-20(27(19)32)23-8-7-17(30(37-23)43-3)14-35-24-9-10-44-15-26(24)40/h4-8,11-13,24,26,35,40H,9-10,14-15H2,1-3H3,(H,36,41).